The summed E-state index contributed by atoms with van der Waals surface area (Å²) in [5, 5.41) is 0.841. The Morgan fingerprint density at radius 1 is 1.39 bits per heavy atom. The number of rotatable bonds is 5. The van der Waals surface area contributed by atoms with Gasteiger partial charge in [-0.25, -0.2) is 0 Å². The van der Waals surface area contributed by atoms with Gasteiger partial charge in [-0.05, 0) is 48.4 Å². The quantitative estimate of drug-likeness (QED) is 0.689. The van der Waals surface area contributed by atoms with Crippen LogP contribution in [0.3, 0.4) is 0 Å². The van der Waals surface area contributed by atoms with Crippen LogP contribution >= 0.6 is 27.5 Å². The van der Waals surface area contributed by atoms with Gasteiger partial charge in [0.25, 0.3) is 0 Å². The minimum Gasteiger partial charge on any atom is -0.493 e. The van der Waals surface area contributed by atoms with Crippen LogP contribution in [0.2, 0.25) is 5.02 Å². The third-order valence-corrected chi connectivity index (χ3v) is 5.21. The first kappa shape index (κ1) is 14.2. The maximum absolute atomic E-state index is 6.16. The third-order valence-electron chi connectivity index (χ3n) is 3.47. The SMILES string of the molecule is CC(C)C(Br)CCCc1cc(Cl)cc2c1OCC2. The molecule has 3 heteroatoms. The molecule has 1 aromatic rings. The Morgan fingerprint density at radius 3 is 2.89 bits per heavy atom. The molecule has 0 saturated heterocycles. The Labute approximate surface area is 123 Å². The zero-order valence-electron chi connectivity index (χ0n) is 11.0. The highest BCUT2D eigenvalue weighted by Gasteiger charge is 2.17. The van der Waals surface area contributed by atoms with Gasteiger partial charge in [0.05, 0.1) is 6.61 Å². The predicted molar refractivity (Wildman–Crippen MR) is 81.1 cm³/mol. The van der Waals surface area contributed by atoms with Crippen LogP contribution in [0.4, 0.5) is 0 Å². The van der Waals surface area contributed by atoms with Gasteiger partial charge in [0.15, 0.2) is 0 Å². The summed E-state index contributed by atoms with van der Waals surface area (Å²) in [6, 6.07) is 4.10. The second-order valence-corrected chi connectivity index (χ2v) is 6.92. The summed E-state index contributed by atoms with van der Waals surface area (Å²) in [4.78, 5) is 0.602. The minimum absolute atomic E-state index is 0.602. The first-order valence-corrected chi connectivity index (χ1v) is 7.95. The summed E-state index contributed by atoms with van der Waals surface area (Å²) in [5.41, 5.74) is 2.55. The monoisotopic (exact) mass is 330 g/mol. The van der Waals surface area contributed by atoms with Crippen LogP contribution in [0, 0.1) is 5.92 Å². The van der Waals surface area contributed by atoms with Crippen LogP contribution in [0.25, 0.3) is 0 Å². The number of ether oxygens (including phenoxy) is 1. The van der Waals surface area contributed by atoms with Crippen LogP contribution in [0.5, 0.6) is 5.75 Å². The van der Waals surface area contributed by atoms with Gasteiger partial charge >= 0.3 is 0 Å². The Hall–Kier alpha value is -0.210. The smallest absolute Gasteiger partial charge is 0.125 e. The van der Waals surface area contributed by atoms with E-state index in [2.05, 4.69) is 35.8 Å². The molecule has 0 spiro atoms. The molecule has 18 heavy (non-hydrogen) atoms. The summed E-state index contributed by atoms with van der Waals surface area (Å²) in [6.07, 6.45) is 4.41. The average molecular weight is 332 g/mol. The molecular formula is C15H20BrClO. The van der Waals surface area contributed by atoms with Crippen LogP contribution in [0.1, 0.15) is 37.8 Å². The van der Waals surface area contributed by atoms with Crippen molar-refractivity contribution in [3.05, 3.63) is 28.3 Å². The summed E-state index contributed by atoms with van der Waals surface area (Å²) in [5.74, 6) is 1.78. The fraction of sp³-hybridized carbons (Fsp3) is 0.600. The summed E-state index contributed by atoms with van der Waals surface area (Å²) < 4.78 is 5.72. The predicted octanol–water partition coefficient (Wildman–Crippen LogP) is 5.02. The van der Waals surface area contributed by atoms with Crippen LogP contribution in [-0.4, -0.2) is 11.4 Å². The molecule has 0 bridgehead atoms. The molecule has 1 unspecified atom stereocenters. The van der Waals surface area contributed by atoms with E-state index in [0.717, 1.165) is 30.2 Å². The van der Waals surface area contributed by atoms with Gasteiger partial charge in [-0.3, -0.25) is 0 Å². The van der Waals surface area contributed by atoms with Crippen molar-refractivity contribution in [2.45, 2.75) is 44.4 Å². The molecule has 1 atom stereocenters. The molecule has 0 radical (unpaired) electrons. The lowest BCUT2D eigenvalue weighted by molar-refractivity contribution is 0.353. The summed E-state index contributed by atoms with van der Waals surface area (Å²) in [6.45, 7) is 5.30. The van der Waals surface area contributed by atoms with Gasteiger partial charge in [-0.15, -0.1) is 0 Å². The molecule has 1 heterocycles. The molecule has 1 nitrogen and oxygen atoms in total. The fourth-order valence-electron chi connectivity index (χ4n) is 2.35. The molecule has 0 saturated carbocycles. The number of hydrogen-bond acceptors (Lipinski definition) is 1. The molecule has 0 fully saturated rings. The van der Waals surface area contributed by atoms with E-state index in [-0.39, 0.29) is 0 Å². The van der Waals surface area contributed by atoms with Crippen molar-refractivity contribution in [1.82, 2.24) is 0 Å². The molecule has 1 aliphatic rings. The maximum Gasteiger partial charge on any atom is 0.125 e. The fourth-order valence-corrected chi connectivity index (χ4v) is 2.94. The van der Waals surface area contributed by atoms with E-state index < -0.39 is 0 Å². The normalized spacial score (nSPS) is 15.6. The van der Waals surface area contributed by atoms with Crippen molar-refractivity contribution in [1.29, 1.82) is 0 Å². The molecule has 2 rings (SSSR count). The topological polar surface area (TPSA) is 9.23 Å². The van der Waals surface area contributed by atoms with Gasteiger partial charge < -0.3 is 4.74 Å². The van der Waals surface area contributed by atoms with Crippen LogP contribution in [0.15, 0.2) is 12.1 Å². The van der Waals surface area contributed by atoms with E-state index in [1.54, 1.807) is 0 Å². The molecule has 0 amide bonds. The van der Waals surface area contributed by atoms with E-state index in [0.29, 0.717) is 10.7 Å². The Kier molecular flexibility index (Phi) is 4.97. The molecular weight excluding hydrogens is 312 g/mol. The molecule has 0 aliphatic carbocycles. The Bertz CT molecular complexity index is 417. The van der Waals surface area contributed by atoms with Gasteiger partial charge in [-0.1, -0.05) is 41.4 Å². The molecule has 1 aromatic carbocycles. The Balaban J connectivity index is 1.98. The van der Waals surface area contributed by atoms with Crippen LogP contribution in [-0.2, 0) is 12.8 Å². The average Bonchev–Trinajstić information content (AvgIpc) is 2.76. The lowest BCUT2D eigenvalue weighted by Crippen LogP contribution is -2.07. The van der Waals surface area contributed by atoms with Crippen LogP contribution < -0.4 is 4.74 Å². The van der Waals surface area contributed by atoms with Crippen molar-refractivity contribution in [2.75, 3.05) is 6.61 Å². The number of halogens is 2. The number of hydrogen-bond donors (Lipinski definition) is 0. The highest BCUT2D eigenvalue weighted by Crippen LogP contribution is 2.34. The first-order chi connectivity index (χ1) is 8.58. The van der Waals surface area contributed by atoms with Crippen molar-refractivity contribution in [3.8, 4) is 5.75 Å². The summed E-state index contributed by atoms with van der Waals surface area (Å²) in [7, 11) is 0. The van der Waals surface area contributed by atoms with Crippen molar-refractivity contribution in [3.63, 3.8) is 0 Å². The van der Waals surface area contributed by atoms with Crippen molar-refractivity contribution < 1.29 is 4.74 Å². The number of aryl methyl sites for hydroxylation is 1. The number of benzene rings is 1. The highest BCUT2D eigenvalue weighted by molar-refractivity contribution is 9.09. The second kappa shape index (κ2) is 6.29. The Morgan fingerprint density at radius 2 is 2.17 bits per heavy atom. The van der Waals surface area contributed by atoms with Gasteiger partial charge in [-0.2, -0.15) is 0 Å². The van der Waals surface area contributed by atoms with Gasteiger partial charge in [0, 0.05) is 16.3 Å². The largest absolute Gasteiger partial charge is 0.493 e. The second-order valence-electron chi connectivity index (χ2n) is 5.30. The maximum atomic E-state index is 6.16. The van der Waals surface area contributed by atoms with Crippen molar-refractivity contribution >= 4 is 27.5 Å². The molecule has 1 aliphatic heterocycles. The third kappa shape index (κ3) is 3.42. The zero-order chi connectivity index (χ0) is 13.1. The van der Waals surface area contributed by atoms with Gasteiger partial charge in [0.1, 0.15) is 5.75 Å². The lowest BCUT2D eigenvalue weighted by atomic mass is 10.00. The lowest BCUT2D eigenvalue weighted by Gasteiger charge is -2.14. The molecule has 0 aromatic heterocycles. The number of fused-ring (bicyclic) bond motifs is 1. The van der Waals surface area contributed by atoms with E-state index in [4.69, 9.17) is 16.3 Å². The summed E-state index contributed by atoms with van der Waals surface area (Å²) >= 11 is 9.89. The van der Waals surface area contributed by atoms with E-state index >= 15 is 0 Å². The van der Waals surface area contributed by atoms with Crippen molar-refractivity contribution in [2.24, 2.45) is 5.92 Å². The first-order valence-electron chi connectivity index (χ1n) is 6.66. The van der Waals surface area contributed by atoms with E-state index in [1.807, 2.05) is 6.07 Å². The zero-order valence-corrected chi connectivity index (χ0v) is 13.4. The molecule has 100 valence electrons. The molecule has 0 N–H and O–H groups in total. The van der Waals surface area contributed by atoms with E-state index in [9.17, 15) is 0 Å². The van der Waals surface area contributed by atoms with E-state index in [1.165, 1.54) is 24.0 Å². The number of alkyl halides is 1. The van der Waals surface area contributed by atoms with Gasteiger partial charge in [0.2, 0.25) is 0 Å². The highest BCUT2D eigenvalue weighted by atomic mass is 79.9. The minimum atomic E-state index is 0.602. The standard InChI is InChI=1S/C15H20BrClO/c1-10(2)14(16)5-3-4-11-8-13(17)9-12-6-7-18-15(11)12/h8-10,14H,3-7H2,1-2H3.